The van der Waals surface area contributed by atoms with Crippen molar-refractivity contribution in [2.24, 2.45) is 4.99 Å². The normalized spacial score (nSPS) is 22.5. The van der Waals surface area contributed by atoms with Gasteiger partial charge in [0.15, 0.2) is 5.17 Å². The lowest BCUT2D eigenvalue weighted by atomic mass is 9.79. The number of hydrogen-bond acceptors (Lipinski definition) is 4. The molecule has 1 atom stereocenters. The van der Waals surface area contributed by atoms with Crippen LogP contribution in [0.2, 0.25) is 0 Å². The fraction of sp³-hybridized carbons (Fsp3) is 0.429. The molecule has 4 rings (SSSR count). The van der Waals surface area contributed by atoms with Gasteiger partial charge in [-0.15, -0.1) is 0 Å². The average Bonchev–Trinajstić information content (AvgIpc) is 3.03. The number of aliphatic imine (C=N–C) groups is 1. The van der Waals surface area contributed by atoms with Gasteiger partial charge in [0.05, 0.1) is 10.6 Å². The fourth-order valence-corrected chi connectivity index (χ4v) is 6.34. The summed E-state index contributed by atoms with van der Waals surface area (Å²) >= 11 is 1.48. The first kappa shape index (κ1) is 23.6. The number of hydrogen-bond donors (Lipinski definition) is 0. The monoisotopic (exact) mass is 461 g/mol. The number of para-hydroxylation sites is 1. The second-order valence-electron chi connectivity index (χ2n) is 10.00. The first-order valence-corrected chi connectivity index (χ1v) is 12.8. The molecule has 2 aliphatic heterocycles. The maximum absolute atomic E-state index is 13.2. The largest absolute Gasteiger partial charge is 0.364 e. The summed E-state index contributed by atoms with van der Waals surface area (Å²) in [6.07, 6.45) is 4.05. The third-order valence-corrected chi connectivity index (χ3v) is 7.44. The van der Waals surface area contributed by atoms with Gasteiger partial charge in [0, 0.05) is 23.8 Å². The summed E-state index contributed by atoms with van der Waals surface area (Å²) in [5, 5.41) is 0.762. The highest BCUT2D eigenvalue weighted by Gasteiger charge is 2.38. The Hall–Kier alpha value is -2.53. The number of fused-ring (bicyclic) bond motifs is 1. The number of benzene rings is 2. The van der Waals surface area contributed by atoms with E-state index in [1.165, 1.54) is 23.0 Å². The minimum atomic E-state index is 0.0484. The van der Waals surface area contributed by atoms with Crippen LogP contribution < -0.4 is 4.90 Å². The molecule has 2 aromatic carbocycles. The summed E-state index contributed by atoms with van der Waals surface area (Å²) in [6, 6.07) is 17.0. The SMILES string of the molecule is CCCN1C(=O)/C(=C/c2ccc3c(c2)[C@H](C)CC(C)(C)N3C(C)C)SC1=Nc1ccccc1. The van der Waals surface area contributed by atoms with E-state index in [1.54, 1.807) is 0 Å². The van der Waals surface area contributed by atoms with Crippen molar-refractivity contribution >= 4 is 40.3 Å². The maximum atomic E-state index is 13.2. The highest BCUT2D eigenvalue weighted by molar-refractivity contribution is 8.18. The average molecular weight is 462 g/mol. The van der Waals surface area contributed by atoms with E-state index in [0.717, 1.165) is 34.2 Å². The smallest absolute Gasteiger partial charge is 0.266 e. The summed E-state index contributed by atoms with van der Waals surface area (Å²) < 4.78 is 0. The van der Waals surface area contributed by atoms with Crippen LogP contribution >= 0.6 is 11.8 Å². The van der Waals surface area contributed by atoms with Gasteiger partial charge in [-0.1, -0.05) is 38.1 Å². The lowest BCUT2D eigenvalue weighted by Gasteiger charge is -2.50. The van der Waals surface area contributed by atoms with E-state index in [2.05, 4.69) is 64.6 Å². The standard InChI is InChI=1S/C28H35N3OS/c1-7-15-30-26(32)25(33-27(30)29-22-11-9-8-10-12-22)17-21-13-14-24-23(16-21)20(4)18-28(5,6)31(24)19(2)3/h8-14,16-17,19-20H,7,15,18H2,1-6H3/b25-17-,29-27?/t20-/m1/s1. The van der Waals surface area contributed by atoms with Crippen molar-refractivity contribution in [3.63, 3.8) is 0 Å². The van der Waals surface area contributed by atoms with Crippen LogP contribution in [-0.4, -0.2) is 34.1 Å². The Balaban J connectivity index is 1.69. The van der Waals surface area contributed by atoms with Crippen LogP contribution in [0.25, 0.3) is 6.08 Å². The van der Waals surface area contributed by atoms with Gasteiger partial charge in [-0.05, 0) is 99.7 Å². The third kappa shape index (κ3) is 4.74. The Bertz CT molecular complexity index is 1090. The Kier molecular flexibility index (Phi) is 6.71. The second-order valence-corrected chi connectivity index (χ2v) is 11.0. The molecule has 0 unspecified atom stereocenters. The van der Waals surface area contributed by atoms with E-state index in [9.17, 15) is 4.79 Å². The summed E-state index contributed by atoms with van der Waals surface area (Å²) in [4.78, 5) is 23.1. The van der Waals surface area contributed by atoms with Crippen molar-refractivity contribution in [2.75, 3.05) is 11.4 Å². The van der Waals surface area contributed by atoms with Crippen molar-refractivity contribution in [1.29, 1.82) is 0 Å². The molecule has 1 saturated heterocycles. The van der Waals surface area contributed by atoms with Crippen LogP contribution in [-0.2, 0) is 4.79 Å². The lowest BCUT2D eigenvalue weighted by Crippen LogP contribution is -2.51. The molecule has 174 valence electrons. The number of rotatable bonds is 5. The molecule has 0 saturated carbocycles. The first-order chi connectivity index (χ1) is 15.7. The zero-order valence-electron chi connectivity index (χ0n) is 20.6. The topological polar surface area (TPSA) is 35.9 Å². The highest BCUT2D eigenvalue weighted by Crippen LogP contribution is 2.45. The molecule has 1 amide bonds. The molecule has 0 N–H and O–H groups in total. The quantitative estimate of drug-likeness (QED) is 0.442. The van der Waals surface area contributed by atoms with Crippen molar-refractivity contribution in [3.8, 4) is 0 Å². The molecule has 0 spiro atoms. The van der Waals surface area contributed by atoms with E-state index in [4.69, 9.17) is 4.99 Å². The molecule has 0 aliphatic carbocycles. The molecule has 2 aliphatic rings. The molecule has 0 bridgehead atoms. The van der Waals surface area contributed by atoms with Crippen LogP contribution in [0.4, 0.5) is 11.4 Å². The predicted molar refractivity (Wildman–Crippen MR) is 142 cm³/mol. The Morgan fingerprint density at radius 1 is 1.18 bits per heavy atom. The first-order valence-electron chi connectivity index (χ1n) is 12.0. The maximum Gasteiger partial charge on any atom is 0.266 e. The van der Waals surface area contributed by atoms with Gasteiger partial charge < -0.3 is 4.90 Å². The second kappa shape index (κ2) is 9.38. The molecule has 2 aromatic rings. The van der Waals surface area contributed by atoms with Crippen LogP contribution in [0.5, 0.6) is 0 Å². The molecule has 4 nitrogen and oxygen atoms in total. The minimum absolute atomic E-state index is 0.0484. The number of anilines is 1. The minimum Gasteiger partial charge on any atom is -0.364 e. The molecule has 0 aromatic heterocycles. The molecule has 2 heterocycles. The molecular weight excluding hydrogens is 426 g/mol. The third-order valence-electron chi connectivity index (χ3n) is 6.43. The molecular formula is C28H35N3OS. The summed E-state index contributed by atoms with van der Waals surface area (Å²) in [5.74, 6) is 0.523. The number of thioether (sulfide) groups is 1. The van der Waals surface area contributed by atoms with Crippen molar-refractivity contribution < 1.29 is 4.79 Å². The van der Waals surface area contributed by atoms with Gasteiger partial charge in [0.1, 0.15) is 0 Å². The number of amides is 1. The zero-order chi connectivity index (χ0) is 23.8. The summed E-state index contributed by atoms with van der Waals surface area (Å²) in [6.45, 7) is 14.3. The van der Waals surface area contributed by atoms with Gasteiger partial charge in [-0.3, -0.25) is 9.69 Å². The van der Waals surface area contributed by atoms with E-state index in [1.807, 2.05) is 41.3 Å². The lowest BCUT2D eigenvalue weighted by molar-refractivity contribution is -0.122. The zero-order valence-corrected chi connectivity index (χ0v) is 21.4. The van der Waals surface area contributed by atoms with Crippen LogP contribution in [0.1, 0.15) is 71.4 Å². The number of carbonyl (C=O) groups excluding carboxylic acids is 1. The molecule has 1 fully saturated rings. The van der Waals surface area contributed by atoms with Gasteiger partial charge in [0.25, 0.3) is 5.91 Å². The number of nitrogens with zero attached hydrogens (tertiary/aromatic N) is 3. The van der Waals surface area contributed by atoms with Crippen molar-refractivity contribution in [2.45, 2.75) is 71.9 Å². The Morgan fingerprint density at radius 2 is 1.91 bits per heavy atom. The van der Waals surface area contributed by atoms with Gasteiger partial charge >= 0.3 is 0 Å². The van der Waals surface area contributed by atoms with Gasteiger partial charge in [-0.25, -0.2) is 4.99 Å². The number of amidine groups is 1. The highest BCUT2D eigenvalue weighted by atomic mass is 32.2. The van der Waals surface area contributed by atoms with E-state index in [0.29, 0.717) is 18.5 Å². The van der Waals surface area contributed by atoms with Crippen molar-refractivity contribution in [3.05, 3.63) is 64.6 Å². The van der Waals surface area contributed by atoms with Gasteiger partial charge in [-0.2, -0.15) is 0 Å². The Morgan fingerprint density at radius 3 is 2.58 bits per heavy atom. The van der Waals surface area contributed by atoms with E-state index >= 15 is 0 Å². The number of carbonyl (C=O) groups is 1. The summed E-state index contributed by atoms with van der Waals surface area (Å²) in [5.41, 5.74) is 4.77. The van der Waals surface area contributed by atoms with E-state index < -0.39 is 0 Å². The molecule has 33 heavy (non-hydrogen) atoms. The van der Waals surface area contributed by atoms with Crippen LogP contribution in [0.3, 0.4) is 0 Å². The van der Waals surface area contributed by atoms with Gasteiger partial charge in [0.2, 0.25) is 0 Å². The summed E-state index contributed by atoms with van der Waals surface area (Å²) in [7, 11) is 0. The van der Waals surface area contributed by atoms with E-state index in [-0.39, 0.29) is 11.4 Å². The molecule has 5 heteroatoms. The Labute approximate surface area is 202 Å². The van der Waals surface area contributed by atoms with Crippen molar-refractivity contribution in [1.82, 2.24) is 4.90 Å². The van der Waals surface area contributed by atoms with Crippen LogP contribution in [0, 0.1) is 0 Å². The fourth-order valence-electron chi connectivity index (χ4n) is 5.31. The van der Waals surface area contributed by atoms with Crippen LogP contribution in [0.15, 0.2) is 58.4 Å². The molecule has 0 radical (unpaired) electrons. The predicted octanol–water partition coefficient (Wildman–Crippen LogP) is 7.20.